The molecular weight excluding hydrogens is 195 g/mol. The minimum Gasteiger partial charge on any atom is -0.394 e. The Bertz CT molecular complexity index is 306. The number of nitrogens with one attached hydrogen (secondary N) is 1. The van der Waals surface area contributed by atoms with Crippen LogP contribution in [0.2, 0.25) is 0 Å². The van der Waals surface area contributed by atoms with Gasteiger partial charge < -0.3 is 10.4 Å². The summed E-state index contributed by atoms with van der Waals surface area (Å²) in [6.07, 6.45) is 2.45. The molecule has 0 amide bonds. The second-order valence-corrected chi connectivity index (χ2v) is 3.65. The summed E-state index contributed by atoms with van der Waals surface area (Å²) in [6.45, 7) is 4.02. The molecule has 0 aliphatic rings. The van der Waals surface area contributed by atoms with E-state index in [1.807, 2.05) is 13.8 Å². The van der Waals surface area contributed by atoms with Crippen molar-refractivity contribution < 1.29 is 9.50 Å². The number of hydrogen-bond donors (Lipinski definition) is 2. The number of anilines is 1. The van der Waals surface area contributed by atoms with Crippen LogP contribution in [0.15, 0.2) is 18.3 Å². The van der Waals surface area contributed by atoms with Crippen molar-refractivity contribution in [3.63, 3.8) is 0 Å². The Balaban J connectivity index is 2.71. The summed E-state index contributed by atoms with van der Waals surface area (Å²) in [7, 11) is 0. The van der Waals surface area contributed by atoms with Crippen LogP contribution >= 0.6 is 0 Å². The van der Waals surface area contributed by atoms with Gasteiger partial charge in [0.25, 0.3) is 0 Å². The second-order valence-electron chi connectivity index (χ2n) is 3.65. The fourth-order valence-electron chi connectivity index (χ4n) is 1.32. The van der Waals surface area contributed by atoms with Crippen molar-refractivity contribution in [2.24, 2.45) is 5.92 Å². The molecule has 1 heterocycles. The van der Waals surface area contributed by atoms with Crippen molar-refractivity contribution in [2.75, 3.05) is 11.9 Å². The van der Waals surface area contributed by atoms with E-state index in [-0.39, 0.29) is 30.2 Å². The highest BCUT2D eigenvalue weighted by atomic mass is 19.1. The van der Waals surface area contributed by atoms with Gasteiger partial charge in [-0.2, -0.15) is 0 Å². The summed E-state index contributed by atoms with van der Waals surface area (Å²) in [6, 6.07) is 2.73. The number of aromatic nitrogens is 1. The maximum atomic E-state index is 13.2. The molecule has 0 saturated heterocycles. The van der Waals surface area contributed by atoms with Crippen molar-refractivity contribution in [1.82, 2.24) is 4.98 Å². The molecule has 0 spiro atoms. The highest BCUT2D eigenvalue weighted by molar-refractivity contribution is 5.36. The average Bonchev–Trinajstić information content (AvgIpc) is 2.27. The van der Waals surface area contributed by atoms with Crippen LogP contribution in [0, 0.1) is 11.7 Å². The van der Waals surface area contributed by atoms with E-state index in [0.717, 1.165) is 6.42 Å². The SMILES string of the molecule is CC[C@H](C)[C@H](CO)Nc1ncccc1F. The van der Waals surface area contributed by atoms with Crippen LogP contribution in [0.4, 0.5) is 10.2 Å². The lowest BCUT2D eigenvalue weighted by molar-refractivity contribution is 0.240. The third-order valence-electron chi connectivity index (χ3n) is 2.61. The summed E-state index contributed by atoms with van der Waals surface area (Å²) in [5.74, 6) is 0.0903. The third kappa shape index (κ3) is 3.16. The monoisotopic (exact) mass is 212 g/mol. The van der Waals surface area contributed by atoms with Gasteiger partial charge in [-0.1, -0.05) is 20.3 Å². The van der Waals surface area contributed by atoms with Gasteiger partial charge in [-0.05, 0) is 18.1 Å². The molecule has 0 radical (unpaired) electrons. The third-order valence-corrected chi connectivity index (χ3v) is 2.61. The Morgan fingerprint density at radius 2 is 2.33 bits per heavy atom. The van der Waals surface area contributed by atoms with E-state index in [1.54, 1.807) is 0 Å². The molecule has 3 nitrogen and oxygen atoms in total. The Morgan fingerprint density at radius 3 is 2.87 bits per heavy atom. The molecule has 1 aromatic rings. The number of halogens is 1. The Hall–Kier alpha value is -1.16. The molecule has 0 saturated carbocycles. The smallest absolute Gasteiger partial charge is 0.165 e. The number of pyridine rings is 1. The lowest BCUT2D eigenvalue weighted by Crippen LogP contribution is -2.31. The predicted molar refractivity (Wildman–Crippen MR) is 58.1 cm³/mol. The topological polar surface area (TPSA) is 45.1 Å². The van der Waals surface area contributed by atoms with Crippen molar-refractivity contribution in [3.05, 3.63) is 24.1 Å². The molecule has 1 rings (SSSR count). The molecule has 15 heavy (non-hydrogen) atoms. The maximum Gasteiger partial charge on any atom is 0.165 e. The zero-order valence-corrected chi connectivity index (χ0v) is 9.07. The molecule has 0 fully saturated rings. The first-order valence-corrected chi connectivity index (χ1v) is 5.17. The van der Waals surface area contributed by atoms with Gasteiger partial charge in [-0.3, -0.25) is 0 Å². The largest absolute Gasteiger partial charge is 0.394 e. The van der Waals surface area contributed by atoms with Crippen LogP contribution in [0.1, 0.15) is 20.3 Å². The van der Waals surface area contributed by atoms with Gasteiger partial charge in [-0.15, -0.1) is 0 Å². The van der Waals surface area contributed by atoms with Gasteiger partial charge in [0.15, 0.2) is 11.6 Å². The first kappa shape index (κ1) is 11.9. The first-order chi connectivity index (χ1) is 7.19. The number of nitrogens with zero attached hydrogens (tertiary/aromatic N) is 1. The van der Waals surface area contributed by atoms with E-state index < -0.39 is 0 Å². The van der Waals surface area contributed by atoms with Crippen LogP contribution in [0.25, 0.3) is 0 Å². The molecule has 0 aliphatic carbocycles. The molecule has 1 aromatic heterocycles. The number of hydrogen-bond acceptors (Lipinski definition) is 3. The van der Waals surface area contributed by atoms with Gasteiger partial charge in [0.1, 0.15) is 0 Å². The lowest BCUT2D eigenvalue weighted by Gasteiger charge is -2.22. The summed E-state index contributed by atoms with van der Waals surface area (Å²) in [5, 5.41) is 12.1. The molecule has 0 bridgehead atoms. The molecule has 4 heteroatoms. The van der Waals surface area contributed by atoms with Gasteiger partial charge in [0, 0.05) is 6.20 Å². The van der Waals surface area contributed by atoms with Gasteiger partial charge in [0.05, 0.1) is 12.6 Å². The maximum absolute atomic E-state index is 13.2. The predicted octanol–water partition coefficient (Wildman–Crippen LogP) is 2.04. The summed E-state index contributed by atoms with van der Waals surface area (Å²) in [4.78, 5) is 3.89. The Kier molecular flexibility index (Phi) is 4.49. The van der Waals surface area contributed by atoms with E-state index in [4.69, 9.17) is 5.11 Å². The van der Waals surface area contributed by atoms with Crippen molar-refractivity contribution in [3.8, 4) is 0 Å². The minimum atomic E-state index is -0.390. The van der Waals surface area contributed by atoms with E-state index in [2.05, 4.69) is 10.3 Å². The fourth-order valence-corrected chi connectivity index (χ4v) is 1.32. The normalized spacial score (nSPS) is 14.7. The van der Waals surface area contributed by atoms with Crippen LogP contribution in [0.3, 0.4) is 0 Å². The Labute approximate surface area is 89.4 Å². The van der Waals surface area contributed by atoms with Gasteiger partial charge >= 0.3 is 0 Å². The molecule has 2 N–H and O–H groups in total. The Morgan fingerprint density at radius 1 is 1.60 bits per heavy atom. The standard InChI is InChI=1S/C11H17FN2O/c1-3-8(2)10(7-15)14-11-9(12)5-4-6-13-11/h4-6,8,10,15H,3,7H2,1-2H3,(H,13,14)/t8-,10-/m0/s1. The number of aliphatic hydroxyl groups is 1. The summed E-state index contributed by atoms with van der Waals surface area (Å²) < 4.78 is 13.2. The van der Waals surface area contributed by atoms with Crippen LogP contribution < -0.4 is 5.32 Å². The van der Waals surface area contributed by atoms with E-state index in [9.17, 15) is 4.39 Å². The molecule has 0 aromatic carbocycles. The molecule has 0 aliphatic heterocycles. The molecule has 84 valence electrons. The highest BCUT2D eigenvalue weighted by Gasteiger charge is 2.16. The highest BCUT2D eigenvalue weighted by Crippen LogP contribution is 2.15. The van der Waals surface area contributed by atoms with Crippen LogP contribution in [-0.4, -0.2) is 22.7 Å². The van der Waals surface area contributed by atoms with Crippen LogP contribution in [0.5, 0.6) is 0 Å². The fraction of sp³-hybridized carbons (Fsp3) is 0.545. The summed E-state index contributed by atoms with van der Waals surface area (Å²) >= 11 is 0. The average molecular weight is 212 g/mol. The van der Waals surface area contributed by atoms with Crippen molar-refractivity contribution in [1.29, 1.82) is 0 Å². The van der Waals surface area contributed by atoms with Gasteiger partial charge in [-0.25, -0.2) is 9.37 Å². The zero-order valence-electron chi connectivity index (χ0n) is 9.07. The molecular formula is C11H17FN2O. The lowest BCUT2D eigenvalue weighted by atomic mass is 10.00. The van der Waals surface area contributed by atoms with Gasteiger partial charge in [0.2, 0.25) is 0 Å². The zero-order chi connectivity index (χ0) is 11.3. The second kappa shape index (κ2) is 5.66. The summed E-state index contributed by atoms with van der Waals surface area (Å²) in [5.41, 5.74) is 0. The van der Waals surface area contributed by atoms with Crippen molar-refractivity contribution >= 4 is 5.82 Å². The minimum absolute atomic E-state index is 0.0228. The number of aliphatic hydroxyl groups excluding tert-OH is 1. The van der Waals surface area contributed by atoms with E-state index in [0.29, 0.717) is 0 Å². The molecule has 2 atom stereocenters. The van der Waals surface area contributed by atoms with E-state index >= 15 is 0 Å². The molecule has 0 unspecified atom stereocenters. The van der Waals surface area contributed by atoms with Crippen LogP contribution in [-0.2, 0) is 0 Å². The quantitative estimate of drug-likeness (QED) is 0.785. The van der Waals surface area contributed by atoms with E-state index in [1.165, 1.54) is 18.3 Å². The number of rotatable bonds is 5. The first-order valence-electron chi connectivity index (χ1n) is 5.17. The van der Waals surface area contributed by atoms with Crippen molar-refractivity contribution in [2.45, 2.75) is 26.3 Å².